The topological polar surface area (TPSA) is 81.9 Å². The number of primary amides is 1. The molecule has 7 nitrogen and oxygen atoms in total. The molecule has 1 aliphatic heterocycles. The number of nitrogens with one attached hydrogen (secondary N) is 1. The Morgan fingerprint density at radius 1 is 1.09 bits per heavy atom. The fourth-order valence-electron chi connectivity index (χ4n) is 4.04. The van der Waals surface area contributed by atoms with Crippen LogP contribution in [0.1, 0.15) is 33.2 Å². The first-order valence-corrected chi connectivity index (χ1v) is 11.7. The van der Waals surface area contributed by atoms with Crippen LogP contribution in [0, 0.1) is 0 Å². The van der Waals surface area contributed by atoms with Gasteiger partial charge in [0.15, 0.2) is 0 Å². The zero-order valence-corrected chi connectivity index (χ0v) is 20.4. The molecule has 1 heterocycles. The predicted molar refractivity (Wildman–Crippen MR) is 134 cm³/mol. The molecule has 0 aliphatic carbocycles. The summed E-state index contributed by atoms with van der Waals surface area (Å²) in [5, 5.41) is 3.69. The van der Waals surface area contributed by atoms with Crippen molar-refractivity contribution in [3.63, 3.8) is 0 Å². The lowest BCUT2D eigenvalue weighted by Gasteiger charge is -2.37. The maximum atomic E-state index is 12.8. The van der Waals surface area contributed by atoms with Gasteiger partial charge in [-0.3, -0.25) is 14.5 Å². The molecule has 0 bridgehead atoms. The van der Waals surface area contributed by atoms with Gasteiger partial charge < -0.3 is 20.9 Å². The van der Waals surface area contributed by atoms with E-state index in [1.165, 1.54) is 0 Å². The molecule has 3 rings (SSSR count). The van der Waals surface area contributed by atoms with Gasteiger partial charge in [0.05, 0.1) is 5.56 Å². The number of nitrogens with two attached hydrogens (primary N) is 1. The molecule has 0 spiro atoms. The number of amides is 2. The van der Waals surface area contributed by atoms with E-state index in [-0.39, 0.29) is 11.9 Å². The Balaban J connectivity index is 1.64. The Morgan fingerprint density at radius 2 is 1.76 bits per heavy atom. The molecule has 1 saturated heterocycles. The number of carbonyl (C=O) groups is 2. The van der Waals surface area contributed by atoms with Gasteiger partial charge in [0.25, 0.3) is 11.8 Å². The Kier molecular flexibility index (Phi) is 8.72. The average Bonchev–Trinajstić information content (AvgIpc) is 2.79. The molecule has 3 N–H and O–H groups in total. The van der Waals surface area contributed by atoms with Crippen LogP contribution in [0.25, 0.3) is 0 Å². The zero-order chi connectivity index (χ0) is 24.0. The van der Waals surface area contributed by atoms with Crippen LogP contribution in [0.4, 0.5) is 5.69 Å². The van der Waals surface area contributed by atoms with Crippen molar-refractivity contribution in [3.05, 3.63) is 64.2 Å². The number of benzene rings is 2. The highest BCUT2D eigenvalue weighted by Crippen LogP contribution is 2.23. The molecule has 1 unspecified atom stereocenters. The number of piperazine rings is 1. The summed E-state index contributed by atoms with van der Waals surface area (Å²) < 4.78 is 0. The van der Waals surface area contributed by atoms with Crippen molar-refractivity contribution >= 4 is 29.1 Å². The quantitative estimate of drug-likeness (QED) is 0.587. The lowest BCUT2D eigenvalue weighted by atomic mass is 10.0. The van der Waals surface area contributed by atoms with Crippen molar-refractivity contribution in [2.75, 3.05) is 58.3 Å². The minimum absolute atomic E-state index is 0.0781. The van der Waals surface area contributed by atoms with Crippen LogP contribution in [0.15, 0.2) is 42.5 Å². The maximum absolute atomic E-state index is 12.8. The van der Waals surface area contributed by atoms with E-state index in [0.717, 1.165) is 50.5 Å². The van der Waals surface area contributed by atoms with Gasteiger partial charge in [-0.1, -0.05) is 23.7 Å². The minimum atomic E-state index is -0.524. The molecule has 0 aromatic heterocycles. The number of hydrogen-bond donors (Lipinski definition) is 2. The molecule has 0 saturated carbocycles. The smallest absolute Gasteiger partial charge is 0.251 e. The first-order valence-electron chi connectivity index (χ1n) is 11.3. The van der Waals surface area contributed by atoms with E-state index in [4.69, 9.17) is 17.3 Å². The van der Waals surface area contributed by atoms with Crippen molar-refractivity contribution in [2.24, 2.45) is 5.73 Å². The summed E-state index contributed by atoms with van der Waals surface area (Å²) in [6.07, 6.45) is 0.682. The monoisotopic (exact) mass is 471 g/mol. The maximum Gasteiger partial charge on any atom is 0.251 e. The highest BCUT2D eigenvalue weighted by atomic mass is 35.5. The zero-order valence-electron chi connectivity index (χ0n) is 19.7. The van der Waals surface area contributed by atoms with E-state index in [9.17, 15) is 9.59 Å². The molecule has 0 radical (unpaired) electrons. The molecule has 2 amide bonds. The number of rotatable bonds is 9. The third-order valence-electron chi connectivity index (χ3n) is 5.93. The van der Waals surface area contributed by atoms with E-state index in [1.807, 2.05) is 37.3 Å². The Morgan fingerprint density at radius 3 is 2.36 bits per heavy atom. The molecule has 178 valence electrons. The van der Waals surface area contributed by atoms with Crippen LogP contribution >= 0.6 is 11.6 Å². The lowest BCUT2D eigenvalue weighted by Crippen LogP contribution is -2.48. The lowest BCUT2D eigenvalue weighted by molar-refractivity contribution is 0.0940. The second-order valence-corrected chi connectivity index (χ2v) is 9.37. The molecule has 33 heavy (non-hydrogen) atoms. The Bertz CT molecular complexity index is 956. The first-order chi connectivity index (χ1) is 15.7. The normalized spacial score (nSPS) is 15.5. The van der Waals surface area contributed by atoms with E-state index in [2.05, 4.69) is 34.1 Å². The molecular formula is C25H34ClN5O2. The van der Waals surface area contributed by atoms with Gasteiger partial charge in [0.2, 0.25) is 0 Å². The van der Waals surface area contributed by atoms with Gasteiger partial charge in [-0.15, -0.1) is 0 Å². The first kappa shape index (κ1) is 25.0. The minimum Gasteiger partial charge on any atom is -0.368 e. The number of anilines is 1. The average molecular weight is 472 g/mol. The fraction of sp³-hybridized carbons (Fsp3) is 0.440. The van der Waals surface area contributed by atoms with Gasteiger partial charge in [-0.2, -0.15) is 0 Å². The summed E-state index contributed by atoms with van der Waals surface area (Å²) >= 11 is 5.94. The third kappa shape index (κ3) is 7.19. The largest absolute Gasteiger partial charge is 0.368 e. The Hall–Kier alpha value is -2.61. The van der Waals surface area contributed by atoms with Crippen LogP contribution in [0.3, 0.4) is 0 Å². The van der Waals surface area contributed by atoms with E-state index < -0.39 is 5.91 Å². The summed E-state index contributed by atoms with van der Waals surface area (Å²) in [4.78, 5) is 31.8. The van der Waals surface area contributed by atoms with E-state index in [1.54, 1.807) is 12.1 Å². The number of carbonyl (C=O) groups excluding carboxylic acids is 2. The molecule has 8 heteroatoms. The van der Waals surface area contributed by atoms with Gasteiger partial charge in [-0.05, 0) is 63.3 Å². The van der Waals surface area contributed by atoms with Crippen LogP contribution < -0.4 is 16.0 Å². The SMILES string of the molecule is CC(Cc1ccc(Cl)cc1)NC(=O)c1ccc(N2CCN(CCN(C)C)CC2)c(C(N)=O)c1. The van der Waals surface area contributed by atoms with Gasteiger partial charge in [0.1, 0.15) is 0 Å². The van der Waals surface area contributed by atoms with Crippen LogP contribution in [-0.2, 0) is 6.42 Å². The number of likely N-dealkylation sites (N-methyl/N-ethyl adjacent to an activating group) is 1. The summed E-state index contributed by atoms with van der Waals surface area (Å²) in [6, 6.07) is 12.7. The van der Waals surface area contributed by atoms with Gasteiger partial charge in [-0.25, -0.2) is 0 Å². The number of hydrogen-bond acceptors (Lipinski definition) is 5. The van der Waals surface area contributed by atoms with Crippen molar-refractivity contribution in [2.45, 2.75) is 19.4 Å². The highest BCUT2D eigenvalue weighted by Gasteiger charge is 2.22. The van der Waals surface area contributed by atoms with Gasteiger partial charge in [0, 0.05) is 61.6 Å². The molecular weight excluding hydrogens is 438 g/mol. The van der Waals surface area contributed by atoms with E-state index >= 15 is 0 Å². The van der Waals surface area contributed by atoms with Crippen molar-refractivity contribution in [3.8, 4) is 0 Å². The fourth-order valence-corrected chi connectivity index (χ4v) is 4.16. The summed E-state index contributed by atoms with van der Waals surface area (Å²) in [7, 11) is 4.15. The van der Waals surface area contributed by atoms with Crippen molar-refractivity contribution in [1.82, 2.24) is 15.1 Å². The number of nitrogens with zero attached hydrogens (tertiary/aromatic N) is 3. The van der Waals surface area contributed by atoms with Crippen LogP contribution in [-0.4, -0.2) is 81.0 Å². The van der Waals surface area contributed by atoms with Crippen molar-refractivity contribution < 1.29 is 9.59 Å². The predicted octanol–water partition coefficient (Wildman–Crippen LogP) is 2.48. The van der Waals surface area contributed by atoms with Crippen LogP contribution in [0.2, 0.25) is 5.02 Å². The second kappa shape index (κ2) is 11.5. The summed E-state index contributed by atoms with van der Waals surface area (Å²) in [5.74, 6) is -0.747. The van der Waals surface area contributed by atoms with Crippen molar-refractivity contribution in [1.29, 1.82) is 0 Å². The van der Waals surface area contributed by atoms with Gasteiger partial charge >= 0.3 is 0 Å². The molecule has 1 fully saturated rings. The molecule has 1 aliphatic rings. The highest BCUT2D eigenvalue weighted by molar-refractivity contribution is 6.30. The summed E-state index contributed by atoms with van der Waals surface area (Å²) in [6.45, 7) is 7.48. The van der Waals surface area contributed by atoms with E-state index in [0.29, 0.717) is 22.6 Å². The molecule has 1 atom stereocenters. The molecule has 2 aromatic carbocycles. The summed E-state index contributed by atoms with van der Waals surface area (Å²) in [5.41, 5.74) is 8.39. The van der Waals surface area contributed by atoms with Crippen LogP contribution in [0.5, 0.6) is 0 Å². The number of halogens is 1. The standard InChI is InChI=1S/C25H34ClN5O2/c1-18(16-19-4-7-21(26)8-5-19)28-25(33)20-6-9-23(22(17-20)24(27)32)31-14-12-30(13-15-31)11-10-29(2)3/h4-9,17-18H,10-16H2,1-3H3,(H2,27,32)(H,28,33). The third-order valence-corrected chi connectivity index (χ3v) is 6.19. The Labute approximate surface area is 201 Å². The second-order valence-electron chi connectivity index (χ2n) is 8.93. The molecule has 2 aromatic rings.